The Bertz CT molecular complexity index is 707. The van der Waals surface area contributed by atoms with Crippen molar-refractivity contribution in [1.29, 1.82) is 0 Å². The second-order valence-corrected chi connectivity index (χ2v) is 6.99. The van der Waals surface area contributed by atoms with Crippen molar-refractivity contribution in [3.8, 4) is 0 Å². The van der Waals surface area contributed by atoms with E-state index in [4.69, 9.17) is 28.0 Å². The third-order valence-corrected chi connectivity index (χ3v) is 4.50. The maximum atomic E-state index is 12.2. The van der Waals surface area contributed by atoms with E-state index in [2.05, 4.69) is 21.9 Å². The molecule has 1 aliphatic rings. The summed E-state index contributed by atoms with van der Waals surface area (Å²) in [5.41, 5.74) is 23.2. The van der Waals surface area contributed by atoms with E-state index in [0.717, 1.165) is 26.2 Å². The molecule has 0 saturated carbocycles. The molecule has 2 unspecified atom stereocenters. The molecule has 0 aliphatic carbocycles. The molecule has 1 fully saturated rings. The summed E-state index contributed by atoms with van der Waals surface area (Å²) in [6, 6.07) is -1.20. The minimum Gasteiger partial charge on any atom is -0.480 e. The Balaban J connectivity index is 0.000000612. The van der Waals surface area contributed by atoms with Gasteiger partial charge in [0, 0.05) is 38.6 Å². The Morgan fingerprint density at radius 1 is 0.900 bits per heavy atom. The zero-order chi connectivity index (χ0) is 23.4. The minimum absolute atomic E-state index is 0.0484. The van der Waals surface area contributed by atoms with Crippen LogP contribution in [-0.2, 0) is 9.59 Å². The molecule has 1 rings (SSSR count). The first kappa shape index (κ1) is 26.9. The molecule has 170 valence electrons. The van der Waals surface area contributed by atoms with Crippen molar-refractivity contribution in [3.63, 3.8) is 0 Å². The highest BCUT2D eigenvalue weighted by Crippen LogP contribution is 2.05. The van der Waals surface area contributed by atoms with E-state index in [0.29, 0.717) is 22.8 Å². The minimum atomic E-state index is -0.987. The number of amides is 1. The summed E-state index contributed by atoms with van der Waals surface area (Å²) in [4.78, 5) is 34.6. The molecular formula is C19H36N8O3. The summed E-state index contributed by atoms with van der Waals surface area (Å²) in [6.45, 7) is 9.96. The molecule has 11 heteroatoms. The fraction of sp³-hybridized carbons (Fsp3) is 0.579. The van der Waals surface area contributed by atoms with E-state index in [1.165, 1.54) is 19.3 Å². The van der Waals surface area contributed by atoms with Crippen LogP contribution in [0.15, 0.2) is 33.8 Å². The number of nitrogens with two attached hydrogens (primary N) is 4. The number of carbonyl (C=O) groups excluding carboxylic acids is 1. The zero-order valence-corrected chi connectivity index (χ0v) is 18.5. The average molecular weight is 425 g/mol. The van der Waals surface area contributed by atoms with Crippen LogP contribution in [0.25, 0.3) is 0 Å². The lowest BCUT2D eigenvalue weighted by atomic mass is 10.2. The van der Waals surface area contributed by atoms with Crippen molar-refractivity contribution in [2.24, 2.45) is 32.9 Å². The summed E-state index contributed by atoms with van der Waals surface area (Å²) >= 11 is 0. The molecule has 1 heterocycles. The highest BCUT2D eigenvalue weighted by Gasteiger charge is 2.23. The number of likely N-dealkylation sites (N-methyl/N-ethyl adjacent to an activating group) is 1. The number of aliphatic imine (C=N–C) groups is 2. The Labute approximate surface area is 178 Å². The molecule has 0 aromatic heterocycles. The number of carboxylic acid groups (broad SMARTS) is 1. The van der Waals surface area contributed by atoms with Crippen molar-refractivity contribution < 1.29 is 14.7 Å². The van der Waals surface area contributed by atoms with Gasteiger partial charge in [-0.05, 0) is 34.7 Å². The summed E-state index contributed by atoms with van der Waals surface area (Å²) in [5, 5.41) is 8.49. The molecular weight excluding hydrogens is 388 g/mol. The van der Waals surface area contributed by atoms with Gasteiger partial charge in [0.25, 0.3) is 0 Å². The second-order valence-electron chi connectivity index (χ2n) is 6.99. The van der Waals surface area contributed by atoms with E-state index in [-0.39, 0.29) is 5.91 Å². The van der Waals surface area contributed by atoms with Gasteiger partial charge in [-0.3, -0.25) is 14.8 Å². The normalized spacial score (nSPS) is 18.9. The molecule has 0 aromatic rings. The molecule has 0 radical (unpaired) electrons. The van der Waals surface area contributed by atoms with Crippen molar-refractivity contribution in [2.45, 2.75) is 39.8 Å². The number of allylic oxidation sites excluding steroid dienone is 2. The topological polar surface area (TPSA) is 190 Å². The number of aliphatic carboxylic acids is 1. The third kappa shape index (κ3) is 9.41. The maximum Gasteiger partial charge on any atom is 0.328 e. The molecule has 1 aliphatic heterocycles. The van der Waals surface area contributed by atoms with Crippen LogP contribution in [0.4, 0.5) is 0 Å². The van der Waals surface area contributed by atoms with Crippen LogP contribution < -0.4 is 22.9 Å². The zero-order valence-electron chi connectivity index (χ0n) is 18.5. The van der Waals surface area contributed by atoms with Crippen LogP contribution in [0, 0.1) is 0 Å². The van der Waals surface area contributed by atoms with Gasteiger partial charge in [0.2, 0.25) is 5.91 Å². The maximum absolute atomic E-state index is 12.2. The van der Waals surface area contributed by atoms with Crippen LogP contribution in [0.5, 0.6) is 0 Å². The predicted octanol–water partition coefficient (Wildman–Crippen LogP) is -0.952. The summed E-state index contributed by atoms with van der Waals surface area (Å²) in [6.07, 6.45) is 2.49. The molecule has 0 spiro atoms. The first-order valence-corrected chi connectivity index (χ1v) is 9.58. The van der Waals surface area contributed by atoms with Crippen molar-refractivity contribution >= 4 is 23.3 Å². The van der Waals surface area contributed by atoms with Gasteiger partial charge in [-0.1, -0.05) is 0 Å². The summed E-state index contributed by atoms with van der Waals surface area (Å²) < 4.78 is 0. The largest absolute Gasteiger partial charge is 0.480 e. The van der Waals surface area contributed by atoms with Gasteiger partial charge in [-0.25, -0.2) is 4.79 Å². The van der Waals surface area contributed by atoms with Gasteiger partial charge in [-0.15, -0.1) is 0 Å². The van der Waals surface area contributed by atoms with E-state index in [1.54, 1.807) is 20.8 Å². The standard InChI is InChI=1S/C12H23N5O.C7H13N3O2/c1-9(11(14)8-13)15-10(2)12(18)17-6-4-16(3)5-7-17;1-4(6(9)3-8)10-5(2)7(11)12/h8,10H,4-7,13-14H2,1-3H3;3,5H,8-9H2,1-2H3,(H,11,12). The van der Waals surface area contributed by atoms with Gasteiger partial charge in [-0.2, -0.15) is 0 Å². The van der Waals surface area contributed by atoms with Crippen molar-refractivity contribution in [1.82, 2.24) is 9.80 Å². The molecule has 11 nitrogen and oxygen atoms in total. The van der Waals surface area contributed by atoms with E-state index < -0.39 is 18.1 Å². The van der Waals surface area contributed by atoms with Crippen LogP contribution in [0.1, 0.15) is 27.7 Å². The van der Waals surface area contributed by atoms with Crippen LogP contribution in [0.3, 0.4) is 0 Å². The van der Waals surface area contributed by atoms with Gasteiger partial charge in [0.05, 0.1) is 22.8 Å². The van der Waals surface area contributed by atoms with Crippen LogP contribution >= 0.6 is 0 Å². The van der Waals surface area contributed by atoms with Crippen LogP contribution in [0.2, 0.25) is 0 Å². The highest BCUT2D eigenvalue weighted by molar-refractivity contribution is 5.99. The lowest BCUT2D eigenvalue weighted by Crippen LogP contribution is -2.49. The Morgan fingerprint density at radius 3 is 1.67 bits per heavy atom. The molecule has 30 heavy (non-hydrogen) atoms. The molecule has 9 N–H and O–H groups in total. The SMILES string of the molecule is CC(=NC(C)C(=O)N1CCN(C)CC1)C(N)=CN.CC(=NC(C)C(=O)O)C(N)=CN. The quantitative estimate of drug-likeness (QED) is 0.337. The van der Waals surface area contributed by atoms with Gasteiger partial charge < -0.3 is 37.8 Å². The van der Waals surface area contributed by atoms with Crippen LogP contribution in [-0.4, -0.2) is 83.5 Å². The number of carboxylic acids is 1. The Kier molecular flexibility index (Phi) is 11.8. The number of nitrogens with zero attached hydrogens (tertiary/aromatic N) is 4. The molecule has 1 amide bonds. The van der Waals surface area contributed by atoms with Gasteiger partial charge >= 0.3 is 5.97 Å². The molecule has 1 saturated heterocycles. The smallest absolute Gasteiger partial charge is 0.328 e. The van der Waals surface area contributed by atoms with Gasteiger partial charge in [0.15, 0.2) is 0 Å². The van der Waals surface area contributed by atoms with E-state index in [1.807, 2.05) is 4.90 Å². The number of carbonyl (C=O) groups is 2. The molecule has 0 aromatic carbocycles. The first-order chi connectivity index (χ1) is 13.9. The van der Waals surface area contributed by atoms with E-state index >= 15 is 0 Å². The van der Waals surface area contributed by atoms with E-state index in [9.17, 15) is 9.59 Å². The Hall–Kier alpha value is -3.08. The monoisotopic (exact) mass is 424 g/mol. The highest BCUT2D eigenvalue weighted by atomic mass is 16.4. The molecule has 0 bridgehead atoms. The average Bonchev–Trinajstić information content (AvgIpc) is 2.72. The number of hydrogen-bond donors (Lipinski definition) is 5. The summed E-state index contributed by atoms with van der Waals surface area (Å²) in [5.74, 6) is -0.938. The summed E-state index contributed by atoms with van der Waals surface area (Å²) in [7, 11) is 2.06. The molecule has 2 atom stereocenters. The second kappa shape index (κ2) is 13.2. The predicted molar refractivity (Wildman–Crippen MR) is 120 cm³/mol. The lowest BCUT2D eigenvalue weighted by Gasteiger charge is -2.33. The number of hydrogen-bond acceptors (Lipinski definition) is 9. The fourth-order valence-electron chi connectivity index (χ4n) is 2.37. The van der Waals surface area contributed by atoms with Crippen molar-refractivity contribution in [2.75, 3.05) is 33.2 Å². The Morgan fingerprint density at radius 2 is 1.30 bits per heavy atom. The van der Waals surface area contributed by atoms with Crippen molar-refractivity contribution in [3.05, 3.63) is 23.8 Å². The first-order valence-electron chi connectivity index (χ1n) is 9.58. The fourth-order valence-corrected chi connectivity index (χ4v) is 2.37. The number of rotatable bonds is 6. The number of piperazine rings is 1. The third-order valence-electron chi connectivity index (χ3n) is 4.50. The lowest BCUT2D eigenvalue weighted by molar-refractivity contribution is -0.138. The van der Waals surface area contributed by atoms with Gasteiger partial charge in [0.1, 0.15) is 12.1 Å².